The summed E-state index contributed by atoms with van der Waals surface area (Å²) in [4.78, 5) is 21.4. The highest BCUT2D eigenvalue weighted by molar-refractivity contribution is 6.30. The van der Waals surface area contributed by atoms with Crippen LogP contribution in [0.3, 0.4) is 0 Å². The molecule has 3 aromatic rings. The van der Waals surface area contributed by atoms with Crippen molar-refractivity contribution in [2.24, 2.45) is 0 Å². The van der Waals surface area contributed by atoms with Gasteiger partial charge >= 0.3 is 0 Å². The van der Waals surface area contributed by atoms with Gasteiger partial charge in [0.1, 0.15) is 12.4 Å². The summed E-state index contributed by atoms with van der Waals surface area (Å²) >= 11 is 5.91. The van der Waals surface area contributed by atoms with Crippen LogP contribution < -0.4 is 10.6 Å². The van der Waals surface area contributed by atoms with Gasteiger partial charge in [0, 0.05) is 28.8 Å². The topological polar surface area (TPSA) is 84.7 Å². The minimum absolute atomic E-state index is 0.229. The maximum absolute atomic E-state index is 13.1. The van der Waals surface area contributed by atoms with Gasteiger partial charge in [-0.1, -0.05) is 17.7 Å². The third kappa shape index (κ3) is 2.93. The second-order valence-electron chi connectivity index (χ2n) is 5.84. The Hall–Kier alpha value is -3.19. The molecule has 0 saturated heterocycles. The molecule has 0 spiro atoms. The number of benzene rings is 1. The lowest BCUT2D eigenvalue weighted by Gasteiger charge is -2.28. The van der Waals surface area contributed by atoms with E-state index in [9.17, 15) is 4.79 Å². The first-order chi connectivity index (χ1) is 12.6. The molecule has 4 rings (SSSR count). The monoisotopic (exact) mass is 366 g/mol. The highest BCUT2D eigenvalue weighted by atomic mass is 35.5. The molecule has 0 radical (unpaired) electrons. The van der Waals surface area contributed by atoms with Gasteiger partial charge in [-0.25, -0.2) is 4.68 Å². The van der Waals surface area contributed by atoms with Crippen LogP contribution in [0.5, 0.6) is 0 Å². The largest absolute Gasteiger partial charge is 0.328 e. The van der Waals surface area contributed by atoms with Crippen molar-refractivity contribution in [1.82, 2.24) is 19.7 Å². The molecule has 130 valence electrons. The highest BCUT2D eigenvalue weighted by Gasteiger charge is 2.33. The summed E-state index contributed by atoms with van der Waals surface area (Å²) in [7, 11) is 0. The Morgan fingerprint density at radius 1 is 1.27 bits per heavy atom. The van der Waals surface area contributed by atoms with Crippen molar-refractivity contribution in [2.75, 3.05) is 10.6 Å². The summed E-state index contributed by atoms with van der Waals surface area (Å²) in [5.41, 5.74) is 2.77. The molecular weight excluding hydrogens is 352 g/mol. The zero-order valence-corrected chi connectivity index (χ0v) is 14.6. The van der Waals surface area contributed by atoms with Crippen molar-refractivity contribution in [3.8, 4) is 0 Å². The van der Waals surface area contributed by atoms with E-state index in [4.69, 9.17) is 11.6 Å². The van der Waals surface area contributed by atoms with E-state index in [-0.39, 0.29) is 5.91 Å². The van der Waals surface area contributed by atoms with Gasteiger partial charge in [-0.3, -0.25) is 9.78 Å². The molecule has 1 amide bonds. The average molecular weight is 367 g/mol. The number of rotatable bonds is 3. The molecule has 0 fully saturated rings. The molecule has 1 atom stereocenters. The van der Waals surface area contributed by atoms with Crippen molar-refractivity contribution in [3.63, 3.8) is 0 Å². The first kappa shape index (κ1) is 16.3. The first-order valence-corrected chi connectivity index (χ1v) is 8.35. The van der Waals surface area contributed by atoms with Crippen molar-refractivity contribution in [2.45, 2.75) is 13.0 Å². The van der Waals surface area contributed by atoms with Crippen molar-refractivity contribution in [3.05, 3.63) is 77.0 Å². The number of nitrogens with zero attached hydrogens (tertiary/aromatic N) is 4. The molecule has 1 unspecified atom stereocenters. The Kier molecular flexibility index (Phi) is 4.14. The van der Waals surface area contributed by atoms with Gasteiger partial charge in [0.25, 0.3) is 5.91 Å². The highest BCUT2D eigenvalue weighted by Crippen LogP contribution is 2.34. The summed E-state index contributed by atoms with van der Waals surface area (Å²) in [6.07, 6.45) is 4.88. The van der Waals surface area contributed by atoms with Crippen molar-refractivity contribution in [1.29, 1.82) is 0 Å². The lowest BCUT2D eigenvalue weighted by molar-refractivity contribution is -0.113. The van der Waals surface area contributed by atoms with E-state index >= 15 is 0 Å². The number of carbonyl (C=O) groups excluding carboxylic acids is 1. The molecule has 0 aliphatic carbocycles. The summed E-state index contributed by atoms with van der Waals surface area (Å²) in [6, 6.07) is 10.3. The van der Waals surface area contributed by atoms with Crippen LogP contribution in [0.4, 0.5) is 11.6 Å². The molecule has 3 heterocycles. The molecule has 26 heavy (non-hydrogen) atoms. The fourth-order valence-corrected chi connectivity index (χ4v) is 3.09. The SMILES string of the molecule is CC1=C(C(=O)Nc2ccc(Cl)cc2)C(c2cccnc2)n2ncnc2N1. The third-order valence-electron chi connectivity index (χ3n) is 4.14. The molecule has 7 nitrogen and oxygen atoms in total. The Labute approximate surface area is 154 Å². The van der Waals surface area contributed by atoms with E-state index in [0.29, 0.717) is 27.9 Å². The molecule has 0 saturated carbocycles. The van der Waals surface area contributed by atoms with Gasteiger partial charge in [-0.2, -0.15) is 10.1 Å². The number of pyridine rings is 1. The molecule has 2 aromatic heterocycles. The number of hydrogen-bond acceptors (Lipinski definition) is 5. The van der Waals surface area contributed by atoms with Crippen LogP contribution in [0.25, 0.3) is 0 Å². The third-order valence-corrected chi connectivity index (χ3v) is 4.39. The fourth-order valence-electron chi connectivity index (χ4n) is 2.96. The number of carbonyl (C=O) groups is 1. The van der Waals surface area contributed by atoms with E-state index in [0.717, 1.165) is 5.56 Å². The van der Waals surface area contributed by atoms with Gasteiger partial charge in [0.05, 0.1) is 5.57 Å². The number of nitrogens with one attached hydrogen (secondary N) is 2. The Morgan fingerprint density at radius 3 is 2.81 bits per heavy atom. The summed E-state index contributed by atoms with van der Waals surface area (Å²) in [5.74, 6) is 0.353. The number of aromatic nitrogens is 4. The van der Waals surface area contributed by atoms with Gasteiger partial charge < -0.3 is 10.6 Å². The minimum Gasteiger partial charge on any atom is -0.328 e. The number of halogens is 1. The second-order valence-corrected chi connectivity index (χ2v) is 6.28. The van der Waals surface area contributed by atoms with Crippen molar-refractivity contribution >= 4 is 29.1 Å². The maximum atomic E-state index is 13.1. The van der Waals surface area contributed by atoms with Crippen LogP contribution in [0.1, 0.15) is 18.5 Å². The number of amides is 1. The van der Waals surface area contributed by atoms with Crippen LogP contribution in [0.15, 0.2) is 66.4 Å². The molecular formula is C18H15ClN6O. The van der Waals surface area contributed by atoms with Crippen molar-refractivity contribution < 1.29 is 4.79 Å². The summed E-state index contributed by atoms with van der Waals surface area (Å²) in [6.45, 7) is 1.85. The van der Waals surface area contributed by atoms with Crippen LogP contribution >= 0.6 is 11.6 Å². The zero-order chi connectivity index (χ0) is 18.1. The van der Waals surface area contributed by atoms with Gasteiger partial charge in [0.2, 0.25) is 5.95 Å². The van der Waals surface area contributed by atoms with E-state index in [1.54, 1.807) is 41.3 Å². The lowest BCUT2D eigenvalue weighted by Crippen LogP contribution is -2.31. The Balaban J connectivity index is 1.74. The molecule has 1 aliphatic rings. The molecule has 2 N–H and O–H groups in total. The zero-order valence-electron chi connectivity index (χ0n) is 13.8. The quantitative estimate of drug-likeness (QED) is 0.743. The average Bonchev–Trinajstić information content (AvgIpc) is 3.11. The predicted octanol–water partition coefficient (Wildman–Crippen LogP) is 3.25. The number of hydrogen-bond donors (Lipinski definition) is 2. The van der Waals surface area contributed by atoms with E-state index in [1.165, 1.54) is 6.33 Å². The van der Waals surface area contributed by atoms with Gasteiger partial charge in [-0.05, 0) is 42.8 Å². The molecule has 1 aliphatic heterocycles. The van der Waals surface area contributed by atoms with Crippen LogP contribution in [0.2, 0.25) is 5.02 Å². The lowest BCUT2D eigenvalue weighted by atomic mass is 9.96. The summed E-state index contributed by atoms with van der Waals surface area (Å²) in [5, 5.41) is 10.9. The van der Waals surface area contributed by atoms with E-state index < -0.39 is 6.04 Å². The van der Waals surface area contributed by atoms with Crippen LogP contribution in [-0.2, 0) is 4.79 Å². The number of anilines is 2. The smallest absolute Gasteiger partial charge is 0.255 e. The minimum atomic E-state index is -0.422. The van der Waals surface area contributed by atoms with E-state index in [1.807, 2.05) is 19.1 Å². The number of allylic oxidation sites excluding steroid dienone is 1. The first-order valence-electron chi connectivity index (χ1n) is 7.97. The Bertz CT molecular complexity index is 980. The predicted molar refractivity (Wildman–Crippen MR) is 98.8 cm³/mol. The van der Waals surface area contributed by atoms with Crippen LogP contribution in [0, 0.1) is 0 Å². The molecule has 1 aromatic carbocycles. The maximum Gasteiger partial charge on any atom is 0.255 e. The van der Waals surface area contributed by atoms with Gasteiger partial charge in [0.15, 0.2) is 0 Å². The fraction of sp³-hybridized carbons (Fsp3) is 0.111. The number of fused-ring (bicyclic) bond motifs is 1. The Morgan fingerprint density at radius 2 is 2.08 bits per heavy atom. The summed E-state index contributed by atoms with van der Waals surface area (Å²) < 4.78 is 1.68. The van der Waals surface area contributed by atoms with Crippen LogP contribution in [-0.4, -0.2) is 25.7 Å². The second kappa shape index (κ2) is 6.61. The van der Waals surface area contributed by atoms with Gasteiger partial charge in [-0.15, -0.1) is 0 Å². The van der Waals surface area contributed by atoms with E-state index in [2.05, 4.69) is 25.7 Å². The molecule has 0 bridgehead atoms. The molecule has 8 heteroatoms. The standard InChI is InChI=1S/C18H15ClN6O/c1-11-15(17(26)24-14-6-4-13(19)5-7-14)16(12-3-2-8-20-9-12)25-18(23-11)21-10-22-25/h2-10,16H,1H3,(H,24,26)(H,21,22,23). The normalized spacial score (nSPS) is 16.0.